The normalized spacial score (nSPS) is 14.3. The Morgan fingerprint density at radius 2 is 2.00 bits per heavy atom. The molecule has 1 aromatic heterocycles. The molecule has 0 aliphatic rings. The highest BCUT2D eigenvalue weighted by molar-refractivity contribution is 7.91. The lowest BCUT2D eigenvalue weighted by atomic mass is 10.1. The molecule has 2 N–H and O–H groups in total. The highest BCUT2D eigenvalue weighted by atomic mass is 32.2. The minimum Gasteiger partial charge on any atom is -0.391 e. The Labute approximate surface area is 119 Å². The van der Waals surface area contributed by atoms with E-state index in [2.05, 4.69) is 4.72 Å². The van der Waals surface area contributed by atoms with Crippen molar-refractivity contribution >= 4 is 21.4 Å². The molecule has 5 nitrogen and oxygen atoms in total. The highest BCUT2D eigenvalue weighted by Gasteiger charge is 2.24. The monoisotopic (exact) mass is 306 g/mol. The van der Waals surface area contributed by atoms with E-state index in [-0.39, 0.29) is 22.8 Å². The quantitative estimate of drug-likeness (QED) is 0.791. The molecule has 0 aliphatic heterocycles. The minimum absolute atomic E-state index is 0.133. The van der Waals surface area contributed by atoms with Crippen LogP contribution in [0, 0.1) is 5.92 Å². The van der Waals surface area contributed by atoms with Gasteiger partial charge in [-0.2, -0.15) is 0 Å². The van der Waals surface area contributed by atoms with Crippen molar-refractivity contribution in [1.29, 1.82) is 0 Å². The number of rotatable bonds is 7. The summed E-state index contributed by atoms with van der Waals surface area (Å²) in [6.45, 7) is 4.50. The molecule has 110 valence electrons. The summed E-state index contributed by atoms with van der Waals surface area (Å²) in [6, 6.07) is 3.03. The number of aliphatic hydroxyl groups is 1. The lowest BCUT2D eigenvalue weighted by molar-refractivity contribution is 0.285. The fraction of sp³-hybridized carbons (Fsp3) is 0.667. The molecule has 0 saturated carbocycles. The maximum Gasteiger partial charge on any atom is 0.250 e. The third-order valence-corrected chi connectivity index (χ3v) is 5.78. The minimum atomic E-state index is -3.51. The summed E-state index contributed by atoms with van der Waals surface area (Å²) in [4.78, 5) is 2.61. The molecule has 1 aromatic rings. The number of likely N-dealkylation sites (N-methyl/N-ethyl adjacent to an activating group) is 1. The first-order valence-corrected chi connectivity index (χ1v) is 8.43. The molecule has 0 spiro atoms. The fourth-order valence-corrected chi connectivity index (χ4v) is 4.23. The van der Waals surface area contributed by atoms with Gasteiger partial charge < -0.3 is 10.0 Å². The third-order valence-electron chi connectivity index (χ3n) is 2.73. The van der Waals surface area contributed by atoms with E-state index >= 15 is 0 Å². The lowest BCUT2D eigenvalue weighted by Crippen LogP contribution is -2.44. The smallest absolute Gasteiger partial charge is 0.250 e. The Morgan fingerprint density at radius 1 is 1.37 bits per heavy atom. The van der Waals surface area contributed by atoms with Crippen LogP contribution in [0.15, 0.2) is 16.3 Å². The van der Waals surface area contributed by atoms with Crippen LogP contribution in [0.3, 0.4) is 0 Å². The summed E-state index contributed by atoms with van der Waals surface area (Å²) in [6.07, 6.45) is 0. The van der Waals surface area contributed by atoms with Gasteiger partial charge in [-0.15, -0.1) is 11.3 Å². The summed E-state index contributed by atoms with van der Waals surface area (Å²) in [5.74, 6) is 0.203. The number of aliphatic hydroxyl groups excluding tert-OH is 1. The van der Waals surface area contributed by atoms with Crippen molar-refractivity contribution in [3.63, 3.8) is 0 Å². The number of nitrogens with zero attached hydrogens (tertiary/aromatic N) is 1. The molecule has 0 amide bonds. The van der Waals surface area contributed by atoms with E-state index in [1.54, 1.807) is 6.07 Å². The average Bonchev–Trinajstić information content (AvgIpc) is 2.76. The molecule has 7 heteroatoms. The lowest BCUT2D eigenvalue weighted by Gasteiger charge is -2.25. The first kappa shape index (κ1) is 16.6. The molecule has 19 heavy (non-hydrogen) atoms. The van der Waals surface area contributed by atoms with Crippen molar-refractivity contribution < 1.29 is 13.5 Å². The molecule has 1 unspecified atom stereocenters. The summed E-state index contributed by atoms with van der Waals surface area (Å²) in [5.41, 5.74) is 0. The number of hydrogen-bond acceptors (Lipinski definition) is 5. The molecule has 1 atom stereocenters. The molecule has 0 aromatic carbocycles. The molecule has 1 heterocycles. The predicted octanol–water partition coefficient (Wildman–Crippen LogP) is 1.10. The molecule has 1 rings (SSSR count). The van der Waals surface area contributed by atoms with Crippen LogP contribution in [0.1, 0.15) is 18.7 Å². The van der Waals surface area contributed by atoms with Gasteiger partial charge in [0.2, 0.25) is 10.0 Å². The zero-order valence-corrected chi connectivity index (χ0v) is 13.4. The average molecular weight is 306 g/mol. The summed E-state index contributed by atoms with van der Waals surface area (Å²) < 4.78 is 27.5. The van der Waals surface area contributed by atoms with E-state index in [9.17, 15) is 8.42 Å². The Balaban J connectivity index is 2.87. The summed E-state index contributed by atoms with van der Waals surface area (Å²) in [7, 11) is 0.322. The van der Waals surface area contributed by atoms with Crippen LogP contribution in [0.25, 0.3) is 0 Å². The van der Waals surface area contributed by atoms with Gasteiger partial charge in [0, 0.05) is 17.5 Å². The molecular formula is C12H22N2O3S2. The zero-order valence-electron chi connectivity index (χ0n) is 11.8. The van der Waals surface area contributed by atoms with Crippen molar-refractivity contribution in [3.05, 3.63) is 17.0 Å². The van der Waals surface area contributed by atoms with Crippen LogP contribution in [-0.2, 0) is 16.6 Å². The predicted molar refractivity (Wildman–Crippen MR) is 77.7 cm³/mol. The Bertz CT molecular complexity index is 495. The largest absolute Gasteiger partial charge is 0.391 e. The summed E-state index contributed by atoms with van der Waals surface area (Å²) >= 11 is 1.10. The molecular weight excluding hydrogens is 284 g/mol. The van der Waals surface area contributed by atoms with Crippen LogP contribution in [0.2, 0.25) is 0 Å². The van der Waals surface area contributed by atoms with Crippen molar-refractivity contribution in [2.24, 2.45) is 5.92 Å². The van der Waals surface area contributed by atoms with Gasteiger partial charge in [0.25, 0.3) is 0 Å². The topological polar surface area (TPSA) is 69.6 Å². The number of hydrogen-bond donors (Lipinski definition) is 2. The van der Waals surface area contributed by atoms with Crippen LogP contribution in [0.5, 0.6) is 0 Å². The van der Waals surface area contributed by atoms with Gasteiger partial charge in [-0.25, -0.2) is 13.1 Å². The first-order valence-electron chi connectivity index (χ1n) is 6.13. The number of thiophene rings is 1. The van der Waals surface area contributed by atoms with Crippen molar-refractivity contribution in [3.8, 4) is 0 Å². The Morgan fingerprint density at radius 3 is 2.42 bits per heavy atom. The van der Waals surface area contributed by atoms with Crippen molar-refractivity contribution in [2.45, 2.75) is 30.7 Å². The van der Waals surface area contributed by atoms with Gasteiger partial charge in [0.1, 0.15) is 4.21 Å². The second kappa shape index (κ2) is 6.81. The van der Waals surface area contributed by atoms with Gasteiger partial charge in [-0.05, 0) is 32.1 Å². The molecule has 0 saturated heterocycles. The van der Waals surface area contributed by atoms with E-state index in [0.29, 0.717) is 11.4 Å². The van der Waals surface area contributed by atoms with Gasteiger partial charge in [-0.3, -0.25) is 0 Å². The van der Waals surface area contributed by atoms with E-state index < -0.39 is 10.0 Å². The van der Waals surface area contributed by atoms with E-state index in [1.807, 2.05) is 32.8 Å². The van der Waals surface area contributed by atoms with E-state index in [0.717, 1.165) is 11.3 Å². The molecule has 0 bridgehead atoms. The number of sulfonamides is 1. The van der Waals surface area contributed by atoms with E-state index in [4.69, 9.17) is 5.11 Å². The van der Waals surface area contributed by atoms with Gasteiger partial charge in [0.05, 0.1) is 6.61 Å². The Hall–Kier alpha value is -0.470. The van der Waals surface area contributed by atoms with Gasteiger partial charge in [0.15, 0.2) is 0 Å². The highest BCUT2D eigenvalue weighted by Crippen LogP contribution is 2.22. The number of nitrogens with one attached hydrogen (secondary N) is 1. The van der Waals surface area contributed by atoms with Crippen LogP contribution < -0.4 is 4.72 Å². The van der Waals surface area contributed by atoms with Crippen LogP contribution in [0.4, 0.5) is 0 Å². The van der Waals surface area contributed by atoms with Gasteiger partial charge in [-0.1, -0.05) is 13.8 Å². The van der Waals surface area contributed by atoms with Crippen molar-refractivity contribution in [2.75, 3.05) is 20.6 Å². The standard InChI is InChI=1S/C12H22N2O3S2/c1-9(2)11(7-14(3)4)13-19(16,17)12-6-5-10(8-15)18-12/h5-6,9,11,13,15H,7-8H2,1-4H3. The first-order chi connectivity index (χ1) is 8.76. The summed E-state index contributed by atoms with van der Waals surface area (Å²) in [5, 5.41) is 8.99. The molecule has 0 radical (unpaired) electrons. The molecule has 0 fully saturated rings. The maximum atomic E-state index is 12.3. The molecule has 0 aliphatic carbocycles. The Kier molecular flexibility index (Phi) is 5.94. The zero-order chi connectivity index (χ0) is 14.6. The van der Waals surface area contributed by atoms with Crippen LogP contribution in [-0.4, -0.2) is 45.1 Å². The second-order valence-electron chi connectivity index (χ2n) is 5.11. The van der Waals surface area contributed by atoms with Gasteiger partial charge >= 0.3 is 0 Å². The van der Waals surface area contributed by atoms with Crippen LogP contribution >= 0.6 is 11.3 Å². The third kappa shape index (κ3) is 4.85. The second-order valence-corrected chi connectivity index (χ2v) is 8.22. The van der Waals surface area contributed by atoms with Crippen molar-refractivity contribution in [1.82, 2.24) is 9.62 Å². The van der Waals surface area contributed by atoms with E-state index in [1.165, 1.54) is 6.07 Å². The fourth-order valence-electron chi connectivity index (χ4n) is 1.62. The SMILES string of the molecule is CC(C)C(CN(C)C)NS(=O)(=O)c1ccc(CO)s1. The maximum absolute atomic E-state index is 12.3.